The summed E-state index contributed by atoms with van der Waals surface area (Å²) >= 11 is 0. The van der Waals surface area contributed by atoms with Gasteiger partial charge >= 0.3 is 6.16 Å². The lowest BCUT2D eigenvalue weighted by molar-refractivity contribution is -0.0548. The lowest BCUT2D eigenvalue weighted by Crippen LogP contribution is -2.38. The van der Waals surface area contributed by atoms with E-state index in [9.17, 15) is 4.79 Å². The summed E-state index contributed by atoms with van der Waals surface area (Å²) in [6.07, 6.45) is 3.37. The normalized spacial score (nSPS) is 28.3. The minimum absolute atomic E-state index is 0.0462. The molecular formula is C21H22O3. The van der Waals surface area contributed by atoms with Crippen molar-refractivity contribution in [3.63, 3.8) is 0 Å². The van der Waals surface area contributed by atoms with Gasteiger partial charge in [0, 0.05) is 11.8 Å². The number of hydrogen-bond acceptors (Lipinski definition) is 3. The second-order valence-electron chi connectivity index (χ2n) is 6.75. The Labute approximate surface area is 142 Å². The van der Waals surface area contributed by atoms with Gasteiger partial charge in [0.1, 0.15) is 12.2 Å². The molecule has 3 heteroatoms. The Morgan fingerprint density at radius 2 is 1.08 bits per heavy atom. The first-order valence-electron chi connectivity index (χ1n) is 8.78. The third kappa shape index (κ3) is 3.03. The van der Waals surface area contributed by atoms with Crippen molar-refractivity contribution in [3.05, 3.63) is 71.8 Å². The summed E-state index contributed by atoms with van der Waals surface area (Å²) in [5.41, 5.74) is 2.49. The first-order valence-corrected chi connectivity index (χ1v) is 8.78. The predicted molar refractivity (Wildman–Crippen MR) is 92.0 cm³/mol. The fraction of sp³-hybridized carbons (Fsp3) is 0.381. The van der Waals surface area contributed by atoms with Crippen LogP contribution in [0.5, 0.6) is 0 Å². The van der Waals surface area contributed by atoms with Gasteiger partial charge in [0.15, 0.2) is 0 Å². The third-order valence-electron chi connectivity index (χ3n) is 5.37. The fourth-order valence-electron chi connectivity index (χ4n) is 3.66. The van der Waals surface area contributed by atoms with Gasteiger partial charge in [0.05, 0.1) is 0 Å². The van der Waals surface area contributed by atoms with Gasteiger partial charge in [-0.15, -0.1) is 0 Å². The summed E-state index contributed by atoms with van der Waals surface area (Å²) < 4.78 is 11.2. The number of rotatable bonds is 4. The third-order valence-corrected chi connectivity index (χ3v) is 5.37. The van der Waals surface area contributed by atoms with E-state index in [1.54, 1.807) is 0 Å². The van der Waals surface area contributed by atoms with Crippen LogP contribution in [0.4, 0.5) is 4.79 Å². The van der Waals surface area contributed by atoms with E-state index in [1.807, 2.05) is 36.4 Å². The van der Waals surface area contributed by atoms with E-state index < -0.39 is 6.16 Å². The quantitative estimate of drug-likeness (QED) is 0.740. The molecule has 2 saturated carbocycles. The first kappa shape index (κ1) is 15.3. The highest BCUT2D eigenvalue weighted by molar-refractivity contribution is 5.61. The van der Waals surface area contributed by atoms with Crippen LogP contribution in [0.2, 0.25) is 0 Å². The van der Waals surface area contributed by atoms with Crippen LogP contribution in [0.15, 0.2) is 60.7 Å². The molecule has 4 rings (SSSR count). The van der Waals surface area contributed by atoms with Crippen molar-refractivity contribution >= 4 is 6.16 Å². The maximum atomic E-state index is 12.2. The molecule has 4 atom stereocenters. The van der Waals surface area contributed by atoms with Gasteiger partial charge in [-0.2, -0.15) is 0 Å². The monoisotopic (exact) mass is 322 g/mol. The highest BCUT2D eigenvalue weighted by Gasteiger charge is 2.39. The summed E-state index contributed by atoms with van der Waals surface area (Å²) in [4.78, 5) is 12.2. The Morgan fingerprint density at radius 3 is 1.42 bits per heavy atom. The largest absolute Gasteiger partial charge is 0.508 e. The molecule has 0 aromatic heterocycles. The topological polar surface area (TPSA) is 35.5 Å². The molecule has 2 fully saturated rings. The molecule has 0 heterocycles. The standard InChI is InChI=1S/C21H22O3/c22-21(23-19-13-11-17(19)15-7-3-1-4-8-15)24-20-14-12-18(20)16-9-5-2-6-10-16/h1-10,17-20H,11-14H2. The van der Waals surface area contributed by atoms with Gasteiger partial charge in [-0.3, -0.25) is 0 Å². The van der Waals surface area contributed by atoms with E-state index >= 15 is 0 Å². The number of benzene rings is 2. The van der Waals surface area contributed by atoms with Crippen LogP contribution in [0.1, 0.15) is 48.6 Å². The Bertz CT molecular complexity index is 623. The highest BCUT2D eigenvalue weighted by Crippen LogP contribution is 2.41. The van der Waals surface area contributed by atoms with Crippen LogP contribution in [-0.2, 0) is 9.47 Å². The van der Waals surface area contributed by atoms with Crippen molar-refractivity contribution in [1.82, 2.24) is 0 Å². The summed E-state index contributed by atoms with van der Waals surface area (Å²) in [7, 11) is 0. The summed E-state index contributed by atoms with van der Waals surface area (Å²) in [6, 6.07) is 20.5. The molecule has 0 saturated heterocycles. The van der Waals surface area contributed by atoms with Crippen molar-refractivity contribution < 1.29 is 14.3 Å². The zero-order chi connectivity index (χ0) is 16.4. The summed E-state index contributed by atoms with van der Waals surface area (Å²) in [5.74, 6) is 0.620. The van der Waals surface area contributed by atoms with Gasteiger partial charge in [-0.1, -0.05) is 60.7 Å². The summed E-state index contributed by atoms with van der Waals surface area (Å²) in [5, 5.41) is 0. The average molecular weight is 322 g/mol. The van der Waals surface area contributed by atoms with Crippen LogP contribution in [0.25, 0.3) is 0 Å². The van der Waals surface area contributed by atoms with Gasteiger partial charge in [0.2, 0.25) is 0 Å². The number of hydrogen-bond donors (Lipinski definition) is 0. The van der Waals surface area contributed by atoms with E-state index in [2.05, 4.69) is 24.3 Å². The molecule has 0 N–H and O–H groups in total. The van der Waals surface area contributed by atoms with E-state index in [4.69, 9.17) is 9.47 Å². The lowest BCUT2D eigenvalue weighted by atomic mass is 9.77. The number of carbonyl (C=O) groups excluding carboxylic acids is 1. The lowest BCUT2D eigenvalue weighted by Gasteiger charge is -2.38. The molecule has 0 aliphatic heterocycles. The van der Waals surface area contributed by atoms with Crippen LogP contribution < -0.4 is 0 Å². The average Bonchev–Trinajstić information content (AvgIpc) is 2.58. The zero-order valence-corrected chi connectivity index (χ0v) is 13.6. The Kier molecular flexibility index (Phi) is 4.24. The Hall–Kier alpha value is -2.29. The molecule has 124 valence electrons. The second-order valence-corrected chi connectivity index (χ2v) is 6.75. The van der Waals surface area contributed by atoms with E-state index in [1.165, 1.54) is 11.1 Å². The highest BCUT2D eigenvalue weighted by atomic mass is 16.7. The van der Waals surface area contributed by atoms with E-state index in [-0.39, 0.29) is 12.2 Å². The van der Waals surface area contributed by atoms with Crippen molar-refractivity contribution in [1.29, 1.82) is 0 Å². The minimum atomic E-state index is -0.508. The summed E-state index contributed by atoms with van der Waals surface area (Å²) in [6.45, 7) is 0. The van der Waals surface area contributed by atoms with E-state index in [0.717, 1.165) is 25.7 Å². The molecule has 4 unspecified atom stereocenters. The maximum Gasteiger partial charge on any atom is 0.508 e. The van der Waals surface area contributed by atoms with Crippen LogP contribution in [0, 0.1) is 0 Å². The number of ether oxygens (including phenoxy) is 2. The Morgan fingerprint density at radius 1 is 0.667 bits per heavy atom. The van der Waals surface area contributed by atoms with Crippen LogP contribution in [0.3, 0.4) is 0 Å². The van der Waals surface area contributed by atoms with Crippen LogP contribution in [-0.4, -0.2) is 18.4 Å². The molecule has 0 bridgehead atoms. The molecule has 2 aliphatic rings. The maximum absolute atomic E-state index is 12.2. The smallest absolute Gasteiger partial charge is 0.430 e. The molecule has 2 aliphatic carbocycles. The number of carbonyl (C=O) groups is 1. The van der Waals surface area contributed by atoms with Gasteiger partial charge in [-0.05, 0) is 36.8 Å². The van der Waals surface area contributed by atoms with Crippen molar-refractivity contribution in [3.8, 4) is 0 Å². The molecule has 2 aromatic carbocycles. The molecule has 0 amide bonds. The fourth-order valence-corrected chi connectivity index (χ4v) is 3.66. The molecule has 0 spiro atoms. The molecule has 0 radical (unpaired) electrons. The van der Waals surface area contributed by atoms with Crippen molar-refractivity contribution in [2.45, 2.75) is 49.7 Å². The van der Waals surface area contributed by atoms with Crippen molar-refractivity contribution in [2.24, 2.45) is 0 Å². The van der Waals surface area contributed by atoms with Crippen LogP contribution >= 0.6 is 0 Å². The molecular weight excluding hydrogens is 300 g/mol. The molecule has 24 heavy (non-hydrogen) atoms. The van der Waals surface area contributed by atoms with Crippen molar-refractivity contribution in [2.75, 3.05) is 0 Å². The Balaban J connectivity index is 1.31. The zero-order valence-electron chi connectivity index (χ0n) is 13.6. The minimum Gasteiger partial charge on any atom is -0.430 e. The van der Waals surface area contributed by atoms with Gasteiger partial charge in [0.25, 0.3) is 0 Å². The predicted octanol–water partition coefficient (Wildman–Crippen LogP) is 5.03. The first-order chi connectivity index (χ1) is 11.8. The molecule has 3 nitrogen and oxygen atoms in total. The molecule has 2 aromatic rings. The van der Waals surface area contributed by atoms with Gasteiger partial charge in [-0.25, -0.2) is 4.79 Å². The second kappa shape index (κ2) is 6.68. The van der Waals surface area contributed by atoms with Gasteiger partial charge < -0.3 is 9.47 Å². The SMILES string of the molecule is O=C(OC1CCC1c1ccccc1)OC1CCC1c1ccccc1. The van der Waals surface area contributed by atoms with E-state index in [0.29, 0.717) is 11.8 Å².